The zero-order chi connectivity index (χ0) is 20.6. The van der Waals surface area contributed by atoms with Gasteiger partial charge >= 0.3 is 0 Å². The number of benzene rings is 1. The van der Waals surface area contributed by atoms with E-state index in [1.165, 1.54) is 60.9 Å². The van der Waals surface area contributed by atoms with Gasteiger partial charge in [0.15, 0.2) is 5.71 Å². The SMILES string of the molecule is CCN(CC)c1ccc(C=C2C=C(C=C3CCC(=[N+](CC)CC)CC3)CC2)cc1. The van der Waals surface area contributed by atoms with Crippen molar-refractivity contribution in [2.45, 2.75) is 66.2 Å². The Bertz CT molecular complexity index is 783. The van der Waals surface area contributed by atoms with E-state index in [9.17, 15) is 0 Å². The molecule has 2 aliphatic carbocycles. The highest BCUT2D eigenvalue weighted by molar-refractivity contribution is 5.81. The van der Waals surface area contributed by atoms with Crippen LogP contribution in [0, 0.1) is 0 Å². The molecule has 0 unspecified atom stereocenters. The highest BCUT2D eigenvalue weighted by atomic mass is 15.1. The molecular formula is C27H39N2+. The second kappa shape index (κ2) is 10.6. The molecule has 0 amide bonds. The summed E-state index contributed by atoms with van der Waals surface area (Å²) in [7, 11) is 0. The first-order valence-corrected chi connectivity index (χ1v) is 11.7. The molecule has 0 aromatic heterocycles. The Morgan fingerprint density at radius 3 is 2.03 bits per heavy atom. The Balaban J connectivity index is 1.63. The van der Waals surface area contributed by atoms with Crippen LogP contribution in [0.2, 0.25) is 0 Å². The topological polar surface area (TPSA) is 6.25 Å². The third-order valence-corrected chi connectivity index (χ3v) is 6.52. The van der Waals surface area contributed by atoms with Crippen LogP contribution < -0.4 is 4.90 Å². The van der Waals surface area contributed by atoms with Crippen molar-refractivity contribution in [3.63, 3.8) is 0 Å². The van der Waals surface area contributed by atoms with E-state index < -0.39 is 0 Å². The third kappa shape index (κ3) is 5.72. The van der Waals surface area contributed by atoms with Gasteiger partial charge < -0.3 is 4.90 Å². The number of nitrogens with zero attached hydrogens (tertiary/aromatic N) is 2. The Kier molecular flexibility index (Phi) is 7.91. The van der Waals surface area contributed by atoms with Crippen molar-refractivity contribution in [1.82, 2.24) is 0 Å². The first kappa shape index (κ1) is 21.6. The normalized spacial score (nSPS) is 18.2. The van der Waals surface area contributed by atoms with E-state index in [1.807, 2.05) is 0 Å². The molecule has 1 aromatic carbocycles. The van der Waals surface area contributed by atoms with Gasteiger partial charge in [0.05, 0.1) is 0 Å². The minimum atomic E-state index is 1.06. The summed E-state index contributed by atoms with van der Waals surface area (Å²) in [5.41, 5.74) is 8.95. The van der Waals surface area contributed by atoms with Crippen LogP contribution >= 0.6 is 0 Å². The lowest BCUT2D eigenvalue weighted by atomic mass is 9.91. The van der Waals surface area contributed by atoms with Crippen LogP contribution in [-0.2, 0) is 0 Å². The van der Waals surface area contributed by atoms with Crippen molar-refractivity contribution in [2.24, 2.45) is 0 Å². The summed E-state index contributed by atoms with van der Waals surface area (Å²) in [5.74, 6) is 0. The maximum atomic E-state index is 2.55. The summed E-state index contributed by atoms with van der Waals surface area (Å²) in [6.07, 6.45) is 14.7. The molecule has 1 fully saturated rings. The van der Waals surface area contributed by atoms with Gasteiger partial charge in [-0.2, -0.15) is 0 Å². The van der Waals surface area contributed by atoms with Crippen molar-refractivity contribution in [2.75, 3.05) is 31.1 Å². The lowest BCUT2D eigenvalue weighted by Crippen LogP contribution is -2.23. The molecule has 0 atom stereocenters. The zero-order valence-corrected chi connectivity index (χ0v) is 19.0. The number of hydrogen-bond donors (Lipinski definition) is 0. The molecule has 2 nitrogen and oxygen atoms in total. The second-order valence-electron chi connectivity index (χ2n) is 8.24. The maximum absolute atomic E-state index is 2.55. The quantitative estimate of drug-likeness (QED) is 0.473. The molecule has 1 aromatic rings. The van der Waals surface area contributed by atoms with Crippen LogP contribution in [0.1, 0.15) is 71.8 Å². The number of rotatable bonds is 7. The Morgan fingerprint density at radius 2 is 1.45 bits per heavy atom. The fraction of sp³-hybridized carbons (Fsp3) is 0.519. The van der Waals surface area contributed by atoms with Gasteiger partial charge in [-0.1, -0.05) is 35.9 Å². The number of hydrogen-bond acceptors (Lipinski definition) is 1. The van der Waals surface area contributed by atoms with Crippen molar-refractivity contribution in [3.8, 4) is 0 Å². The van der Waals surface area contributed by atoms with E-state index in [4.69, 9.17) is 0 Å². The van der Waals surface area contributed by atoms with Gasteiger partial charge in [0, 0.05) is 31.6 Å². The lowest BCUT2D eigenvalue weighted by molar-refractivity contribution is -0.523. The monoisotopic (exact) mass is 391 g/mol. The van der Waals surface area contributed by atoms with Crippen molar-refractivity contribution < 1.29 is 4.58 Å². The van der Waals surface area contributed by atoms with Gasteiger partial charge in [0.25, 0.3) is 0 Å². The molecule has 1 saturated carbocycles. The van der Waals surface area contributed by atoms with Gasteiger partial charge in [0.1, 0.15) is 13.1 Å². The van der Waals surface area contributed by atoms with E-state index in [1.54, 1.807) is 11.3 Å². The number of allylic oxidation sites excluding steroid dienone is 5. The van der Waals surface area contributed by atoms with E-state index in [2.05, 4.69) is 79.7 Å². The minimum absolute atomic E-state index is 1.06. The van der Waals surface area contributed by atoms with Gasteiger partial charge in [-0.15, -0.1) is 0 Å². The van der Waals surface area contributed by atoms with Crippen LogP contribution in [0.4, 0.5) is 5.69 Å². The predicted molar refractivity (Wildman–Crippen MR) is 128 cm³/mol. The van der Waals surface area contributed by atoms with Crippen LogP contribution in [0.5, 0.6) is 0 Å². The fourth-order valence-electron chi connectivity index (χ4n) is 4.74. The molecule has 0 radical (unpaired) electrons. The van der Waals surface area contributed by atoms with Gasteiger partial charge in [-0.05, 0) is 82.2 Å². The van der Waals surface area contributed by atoms with Crippen molar-refractivity contribution >= 4 is 17.5 Å². The molecule has 3 rings (SSSR count). The summed E-state index contributed by atoms with van der Waals surface area (Å²) in [6, 6.07) is 9.03. The van der Waals surface area contributed by atoms with Crippen LogP contribution in [0.3, 0.4) is 0 Å². The van der Waals surface area contributed by atoms with E-state index >= 15 is 0 Å². The van der Waals surface area contributed by atoms with Crippen LogP contribution in [0.25, 0.3) is 6.08 Å². The summed E-state index contributed by atoms with van der Waals surface area (Å²) >= 11 is 0. The molecule has 29 heavy (non-hydrogen) atoms. The van der Waals surface area contributed by atoms with Crippen LogP contribution in [-0.4, -0.2) is 36.5 Å². The van der Waals surface area contributed by atoms with E-state index in [-0.39, 0.29) is 0 Å². The van der Waals surface area contributed by atoms with E-state index in [0.717, 1.165) is 26.2 Å². The molecule has 0 bridgehead atoms. The average molecular weight is 392 g/mol. The largest absolute Gasteiger partial charge is 0.372 e. The lowest BCUT2D eigenvalue weighted by Gasteiger charge is -2.20. The molecule has 0 N–H and O–H groups in total. The first-order chi connectivity index (χ1) is 14.2. The van der Waals surface area contributed by atoms with Crippen molar-refractivity contribution in [1.29, 1.82) is 0 Å². The summed E-state index contributed by atoms with van der Waals surface area (Å²) in [4.78, 5) is 2.39. The fourth-order valence-corrected chi connectivity index (χ4v) is 4.74. The molecule has 156 valence electrons. The van der Waals surface area contributed by atoms with Gasteiger partial charge in [0.2, 0.25) is 0 Å². The zero-order valence-electron chi connectivity index (χ0n) is 19.0. The number of anilines is 1. The Labute approximate surface area is 178 Å². The molecule has 2 aliphatic rings. The third-order valence-electron chi connectivity index (χ3n) is 6.52. The van der Waals surface area contributed by atoms with E-state index in [0.29, 0.717) is 0 Å². The average Bonchev–Trinajstić information content (AvgIpc) is 3.19. The molecule has 2 heteroatoms. The molecular weight excluding hydrogens is 352 g/mol. The standard InChI is InChI=1S/C27H39N2/c1-5-28(6-2)26-15-11-22(12-16-26)19-24-9-10-25(21-24)20-23-13-17-27(18-14-23)29(7-3)8-4/h11-12,15-16,19-21H,5-10,13-14,17-18H2,1-4H3/q+1. The van der Waals surface area contributed by atoms with Crippen LogP contribution in [0.15, 0.2) is 53.1 Å². The van der Waals surface area contributed by atoms with Gasteiger partial charge in [-0.25, -0.2) is 4.58 Å². The first-order valence-electron chi connectivity index (χ1n) is 11.7. The Morgan fingerprint density at radius 1 is 0.793 bits per heavy atom. The smallest absolute Gasteiger partial charge is 0.152 e. The minimum Gasteiger partial charge on any atom is -0.372 e. The summed E-state index contributed by atoms with van der Waals surface area (Å²) in [5, 5.41) is 0. The molecule has 0 saturated heterocycles. The maximum Gasteiger partial charge on any atom is 0.152 e. The summed E-state index contributed by atoms with van der Waals surface area (Å²) in [6.45, 7) is 13.4. The Hall–Kier alpha value is -2.09. The highest BCUT2D eigenvalue weighted by Gasteiger charge is 2.19. The summed E-state index contributed by atoms with van der Waals surface area (Å²) < 4.78 is 2.55. The van der Waals surface area contributed by atoms with Crippen molar-refractivity contribution in [3.05, 3.63) is 58.7 Å². The predicted octanol–water partition coefficient (Wildman–Crippen LogP) is 6.63. The molecule has 0 spiro atoms. The van der Waals surface area contributed by atoms with Gasteiger partial charge in [-0.3, -0.25) is 0 Å². The molecule has 0 heterocycles. The second-order valence-corrected chi connectivity index (χ2v) is 8.24. The highest BCUT2D eigenvalue weighted by Crippen LogP contribution is 2.30. The molecule has 0 aliphatic heterocycles.